The second-order valence-corrected chi connectivity index (χ2v) is 7.57. The standard InChI is InChI=1S/C23H28N2O2/c26-23(22(19-8-4-5-9-19)18-6-2-1-3-7-18)24-20-10-12-21(13-11-20)25-14-16-27-17-15-25/h1-3,6-7,10-13,19,22H,4-5,8-9,14-17H2,(H,24,26). The molecule has 1 unspecified atom stereocenters. The normalized spacial score (nSPS) is 19.0. The number of amides is 1. The van der Waals surface area contributed by atoms with Gasteiger partial charge in [-0.25, -0.2) is 0 Å². The van der Waals surface area contributed by atoms with Crippen LogP contribution in [0.25, 0.3) is 0 Å². The van der Waals surface area contributed by atoms with Crippen LogP contribution in [0.5, 0.6) is 0 Å². The summed E-state index contributed by atoms with van der Waals surface area (Å²) >= 11 is 0. The first-order valence-corrected chi connectivity index (χ1v) is 10.1. The third-order valence-corrected chi connectivity index (χ3v) is 5.82. The zero-order valence-corrected chi connectivity index (χ0v) is 15.8. The van der Waals surface area contributed by atoms with Crippen molar-refractivity contribution in [2.24, 2.45) is 5.92 Å². The van der Waals surface area contributed by atoms with Crippen molar-refractivity contribution < 1.29 is 9.53 Å². The minimum absolute atomic E-state index is 0.0624. The fraction of sp³-hybridized carbons (Fsp3) is 0.435. The first-order valence-electron chi connectivity index (χ1n) is 10.1. The largest absolute Gasteiger partial charge is 0.378 e. The first-order chi connectivity index (χ1) is 13.3. The molecule has 142 valence electrons. The van der Waals surface area contributed by atoms with Gasteiger partial charge in [0.1, 0.15) is 0 Å². The quantitative estimate of drug-likeness (QED) is 0.853. The summed E-state index contributed by atoms with van der Waals surface area (Å²) in [6.07, 6.45) is 4.75. The van der Waals surface area contributed by atoms with Crippen molar-refractivity contribution in [3.8, 4) is 0 Å². The zero-order chi connectivity index (χ0) is 18.5. The highest BCUT2D eigenvalue weighted by Crippen LogP contribution is 2.38. The number of hydrogen-bond donors (Lipinski definition) is 1. The minimum atomic E-state index is -0.0624. The Morgan fingerprint density at radius 3 is 2.30 bits per heavy atom. The molecule has 4 rings (SSSR count). The van der Waals surface area contributed by atoms with Crippen LogP contribution in [0.1, 0.15) is 37.2 Å². The van der Waals surface area contributed by atoms with E-state index in [0.717, 1.165) is 50.4 Å². The number of carbonyl (C=O) groups is 1. The molecule has 1 N–H and O–H groups in total. The fourth-order valence-electron chi connectivity index (χ4n) is 4.39. The first kappa shape index (κ1) is 18.1. The van der Waals surface area contributed by atoms with Gasteiger partial charge in [0.15, 0.2) is 0 Å². The molecule has 2 fully saturated rings. The number of hydrogen-bond acceptors (Lipinski definition) is 3. The van der Waals surface area contributed by atoms with Crippen LogP contribution in [0.15, 0.2) is 54.6 Å². The van der Waals surface area contributed by atoms with Crippen LogP contribution in [-0.2, 0) is 9.53 Å². The van der Waals surface area contributed by atoms with Gasteiger partial charge in [-0.15, -0.1) is 0 Å². The number of rotatable bonds is 5. The molecule has 0 aromatic heterocycles. The van der Waals surface area contributed by atoms with E-state index in [4.69, 9.17) is 4.74 Å². The van der Waals surface area contributed by atoms with Crippen LogP contribution in [-0.4, -0.2) is 32.2 Å². The summed E-state index contributed by atoms with van der Waals surface area (Å²) in [4.78, 5) is 15.5. The summed E-state index contributed by atoms with van der Waals surface area (Å²) in [5.41, 5.74) is 3.19. The molecule has 2 aliphatic rings. The lowest BCUT2D eigenvalue weighted by molar-refractivity contribution is -0.118. The van der Waals surface area contributed by atoms with E-state index in [9.17, 15) is 4.79 Å². The molecule has 1 saturated carbocycles. The summed E-state index contributed by atoms with van der Waals surface area (Å²) in [7, 11) is 0. The van der Waals surface area contributed by atoms with Gasteiger partial charge in [0.2, 0.25) is 5.91 Å². The highest BCUT2D eigenvalue weighted by Gasteiger charge is 2.31. The number of nitrogens with one attached hydrogen (secondary N) is 1. The van der Waals surface area contributed by atoms with Crippen molar-refractivity contribution >= 4 is 17.3 Å². The summed E-state index contributed by atoms with van der Waals surface area (Å²) < 4.78 is 5.42. The molecular formula is C23H28N2O2. The van der Waals surface area contributed by atoms with Gasteiger partial charge in [0.05, 0.1) is 19.1 Å². The Balaban J connectivity index is 1.47. The average molecular weight is 364 g/mol. The maximum absolute atomic E-state index is 13.1. The van der Waals surface area contributed by atoms with E-state index in [1.165, 1.54) is 18.5 Å². The van der Waals surface area contributed by atoms with Crippen LogP contribution in [0, 0.1) is 5.92 Å². The van der Waals surface area contributed by atoms with Crippen molar-refractivity contribution in [3.05, 3.63) is 60.2 Å². The number of benzene rings is 2. The molecule has 0 spiro atoms. The van der Waals surface area contributed by atoms with E-state index >= 15 is 0 Å². The van der Waals surface area contributed by atoms with Crippen molar-refractivity contribution in [2.75, 3.05) is 36.5 Å². The second-order valence-electron chi connectivity index (χ2n) is 7.57. The predicted octanol–water partition coefficient (Wildman–Crippen LogP) is 4.44. The van der Waals surface area contributed by atoms with Gasteiger partial charge in [0.25, 0.3) is 0 Å². The van der Waals surface area contributed by atoms with E-state index in [2.05, 4.69) is 34.5 Å². The maximum Gasteiger partial charge on any atom is 0.232 e. The SMILES string of the molecule is O=C(Nc1ccc(N2CCOCC2)cc1)C(c1ccccc1)C1CCCC1. The molecular weight excluding hydrogens is 336 g/mol. The molecule has 4 heteroatoms. The second kappa shape index (κ2) is 8.57. The monoisotopic (exact) mass is 364 g/mol. The van der Waals surface area contributed by atoms with Crippen LogP contribution in [0.4, 0.5) is 11.4 Å². The van der Waals surface area contributed by atoms with Crippen molar-refractivity contribution in [3.63, 3.8) is 0 Å². The molecule has 1 atom stereocenters. The van der Waals surface area contributed by atoms with Crippen LogP contribution >= 0.6 is 0 Å². The number of nitrogens with zero attached hydrogens (tertiary/aromatic N) is 1. The van der Waals surface area contributed by atoms with Crippen molar-refractivity contribution in [1.29, 1.82) is 0 Å². The smallest absolute Gasteiger partial charge is 0.232 e. The Bertz CT molecular complexity index is 733. The minimum Gasteiger partial charge on any atom is -0.378 e. The zero-order valence-electron chi connectivity index (χ0n) is 15.8. The van der Waals surface area contributed by atoms with E-state index in [1.54, 1.807) is 0 Å². The molecule has 2 aromatic rings. The van der Waals surface area contributed by atoms with Crippen LogP contribution in [0.2, 0.25) is 0 Å². The molecule has 0 radical (unpaired) electrons. The molecule has 1 aliphatic carbocycles. The van der Waals surface area contributed by atoms with Crippen LogP contribution < -0.4 is 10.2 Å². The lowest BCUT2D eigenvalue weighted by Crippen LogP contribution is -2.36. The molecule has 1 heterocycles. The van der Waals surface area contributed by atoms with Gasteiger partial charge in [-0.05, 0) is 48.6 Å². The van der Waals surface area contributed by atoms with Gasteiger partial charge in [-0.2, -0.15) is 0 Å². The van der Waals surface area contributed by atoms with E-state index in [-0.39, 0.29) is 11.8 Å². The fourth-order valence-corrected chi connectivity index (χ4v) is 4.39. The highest BCUT2D eigenvalue weighted by molar-refractivity contribution is 5.96. The number of morpholine rings is 1. The predicted molar refractivity (Wildman–Crippen MR) is 109 cm³/mol. The molecule has 1 aliphatic heterocycles. The Hall–Kier alpha value is -2.33. The van der Waals surface area contributed by atoms with E-state index in [0.29, 0.717) is 5.92 Å². The van der Waals surface area contributed by atoms with Gasteiger partial charge < -0.3 is 15.0 Å². The van der Waals surface area contributed by atoms with Crippen molar-refractivity contribution in [2.45, 2.75) is 31.6 Å². The van der Waals surface area contributed by atoms with Gasteiger partial charge >= 0.3 is 0 Å². The van der Waals surface area contributed by atoms with Gasteiger partial charge in [0, 0.05) is 24.5 Å². The molecule has 27 heavy (non-hydrogen) atoms. The number of ether oxygens (including phenoxy) is 1. The summed E-state index contributed by atoms with van der Waals surface area (Å²) in [6, 6.07) is 18.5. The summed E-state index contributed by atoms with van der Waals surface area (Å²) in [5, 5.41) is 3.17. The van der Waals surface area contributed by atoms with E-state index in [1.807, 2.05) is 30.3 Å². The molecule has 4 nitrogen and oxygen atoms in total. The average Bonchev–Trinajstić information content (AvgIpc) is 3.24. The summed E-state index contributed by atoms with van der Waals surface area (Å²) in [6.45, 7) is 3.39. The Morgan fingerprint density at radius 1 is 0.963 bits per heavy atom. The topological polar surface area (TPSA) is 41.6 Å². The van der Waals surface area contributed by atoms with Crippen molar-refractivity contribution in [1.82, 2.24) is 0 Å². The summed E-state index contributed by atoms with van der Waals surface area (Å²) in [5.74, 6) is 0.500. The molecule has 1 amide bonds. The maximum atomic E-state index is 13.1. The molecule has 1 saturated heterocycles. The lowest BCUT2D eigenvalue weighted by atomic mass is 9.84. The van der Waals surface area contributed by atoms with Crippen LogP contribution in [0.3, 0.4) is 0 Å². The third kappa shape index (κ3) is 4.33. The Morgan fingerprint density at radius 2 is 1.63 bits per heavy atom. The Kier molecular flexibility index (Phi) is 5.73. The lowest BCUT2D eigenvalue weighted by Gasteiger charge is -2.29. The number of carbonyl (C=O) groups excluding carboxylic acids is 1. The Labute approximate surface area is 161 Å². The molecule has 2 aromatic carbocycles. The van der Waals surface area contributed by atoms with Gasteiger partial charge in [-0.1, -0.05) is 43.2 Å². The number of anilines is 2. The highest BCUT2D eigenvalue weighted by atomic mass is 16.5. The third-order valence-electron chi connectivity index (χ3n) is 5.82. The van der Waals surface area contributed by atoms with E-state index < -0.39 is 0 Å². The molecule has 0 bridgehead atoms. The van der Waals surface area contributed by atoms with Gasteiger partial charge in [-0.3, -0.25) is 4.79 Å².